The Hall–Kier alpha value is -2.16. The van der Waals surface area contributed by atoms with Crippen LogP contribution in [0.1, 0.15) is 29.5 Å². The van der Waals surface area contributed by atoms with Crippen LogP contribution < -0.4 is 5.32 Å². The molecule has 1 aromatic heterocycles. The molecule has 1 aromatic carbocycles. The Morgan fingerprint density at radius 2 is 2.20 bits per heavy atom. The van der Waals surface area contributed by atoms with Gasteiger partial charge in [0.15, 0.2) is 0 Å². The van der Waals surface area contributed by atoms with Crippen LogP contribution >= 0.6 is 0 Å². The van der Waals surface area contributed by atoms with E-state index in [0.717, 1.165) is 17.7 Å². The van der Waals surface area contributed by atoms with Crippen LogP contribution in [-0.4, -0.2) is 4.98 Å². The van der Waals surface area contributed by atoms with Crippen LogP contribution in [0.15, 0.2) is 54.9 Å². The average molecular weight is 266 g/mol. The van der Waals surface area contributed by atoms with Crippen molar-refractivity contribution < 1.29 is 4.39 Å². The van der Waals surface area contributed by atoms with Crippen molar-refractivity contribution in [1.29, 1.82) is 0 Å². The van der Waals surface area contributed by atoms with E-state index >= 15 is 0 Å². The number of nitrogens with one attached hydrogen (secondary N) is 1. The number of hydrogen-bond acceptors (Lipinski definition) is 2. The largest absolute Gasteiger partial charge is 0.378 e. The molecule has 0 radical (unpaired) electrons. The minimum Gasteiger partial charge on any atom is -0.378 e. The molecule has 0 bridgehead atoms. The number of fused-ring (bicyclic) bond motifs is 3. The third-order valence-electron chi connectivity index (χ3n) is 4.37. The normalized spacial score (nSPS) is 26.8. The van der Waals surface area contributed by atoms with Gasteiger partial charge in [0.05, 0.1) is 6.04 Å². The summed E-state index contributed by atoms with van der Waals surface area (Å²) in [4.78, 5) is 4.22. The molecule has 1 N–H and O–H groups in total. The van der Waals surface area contributed by atoms with Crippen LogP contribution in [0.4, 0.5) is 10.1 Å². The molecule has 0 spiro atoms. The summed E-state index contributed by atoms with van der Waals surface area (Å²) in [6.07, 6.45) is 9.16. The molecule has 1 aliphatic heterocycles. The first-order valence-electron chi connectivity index (χ1n) is 6.95. The summed E-state index contributed by atoms with van der Waals surface area (Å²) in [5, 5.41) is 3.57. The van der Waals surface area contributed by atoms with Gasteiger partial charge in [0.2, 0.25) is 0 Å². The molecule has 2 nitrogen and oxygen atoms in total. The zero-order chi connectivity index (χ0) is 13.5. The van der Waals surface area contributed by atoms with E-state index in [1.165, 1.54) is 11.6 Å². The number of benzene rings is 1. The average Bonchev–Trinajstić information content (AvgIpc) is 2.97. The standard InChI is InChI=1S/C17H15FN2/c18-12-6-7-16-15(9-12)13-4-1-5-14(13)17(20-16)11-3-2-8-19-10-11/h1-4,6-10,13-14,17,20H,5H2/t13-,14-,17-/m0/s1. The van der Waals surface area contributed by atoms with Gasteiger partial charge in [-0.3, -0.25) is 4.98 Å². The minimum atomic E-state index is -0.163. The van der Waals surface area contributed by atoms with Crippen molar-refractivity contribution in [3.63, 3.8) is 0 Å². The molecule has 20 heavy (non-hydrogen) atoms. The molecule has 3 heteroatoms. The highest BCUT2D eigenvalue weighted by Gasteiger charge is 2.37. The van der Waals surface area contributed by atoms with E-state index in [-0.39, 0.29) is 11.9 Å². The molecule has 100 valence electrons. The van der Waals surface area contributed by atoms with Crippen LogP contribution in [0, 0.1) is 11.7 Å². The molecular weight excluding hydrogens is 251 g/mol. The Morgan fingerprint density at radius 3 is 3.05 bits per heavy atom. The first-order valence-corrected chi connectivity index (χ1v) is 6.95. The molecule has 1 aliphatic carbocycles. The molecule has 2 aromatic rings. The van der Waals surface area contributed by atoms with Crippen molar-refractivity contribution in [2.75, 3.05) is 5.32 Å². The van der Waals surface area contributed by atoms with E-state index in [9.17, 15) is 4.39 Å². The summed E-state index contributed by atoms with van der Waals surface area (Å²) in [5.41, 5.74) is 3.30. The van der Waals surface area contributed by atoms with E-state index < -0.39 is 0 Å². The fraction of sp³-hybridized carbons (Fsp3) is 0.235. The summed E-state index contributed by atoms with van der Waals surface area (Å²) in [7, 11) is 0. The number of pyridine rings is 1. The van der Waals surface area contributed by atoms with Crippen LogP contribution in [0.25, 0.3) is 0 Å². The molecule has 2 aliphatic rings. The van der Waals surface area contributed by atoms with Gasteiger partial charge in [0, 0.05) is 24.0 Å². The summed E-state index contributed by atoms with van der Waals surface area (Å²) >= 11 is 0. The Balaban J connectivity index is 1.80. The molecule has 4 rings (SSSR count). The number of rotatable bonds is 1. The van der Waals surface area contributed by atoms with E-state index in [2.05, 4.69) is 28.5 Å². The molecule has 0 saturated carbocycles. The van der Waals surface area contributed by atoms with Gasteiger partial charge < -0.3 is 5.32 Å². The van der Waals surface area contributed by atoms with Gasteiger partial charge >= 0.3 is 0 Å². The minimum absolute atomic E-state index is 0.163. The van der Waals surface area contributed by atoms with Gasteiger partial charge in [-0.1, -0.05) is 18.2 Å². The summed E-state index contributed by atoms with van der Waals surface area (Å²) in [6, 6.07) is 9.33. The van der Waals surface area contributed by atoms with Crippen LogP contribution in [0.2, 0.25) is 0 Å². The highest BCUT2D eigenvalue weighted by molar-refractivity contribution is 5.59. The molecule has 0 fully saturated rings. The smallest absolute Gasteiger partial charge is 0.123 e. The Morgan fingerprint density at radius 1 is 1.25 bits per heavy atom. The monoisotopic (exact) mass is 266 g/mol. The summed E-state index contributed by atoms with van der Waals surface area (Å²) in [6.45, 7) is 0. The number of halogens is 1. The van der Waals surface area contributed by atoms with Crippen molar-refractivity contribution >= 4 is 5.69 Å². The molecule has 0 saturated heterocycles. The number of allylic oxidation sites excluding steroid dienone is 2. The number of nitrogens with zero attached hydrogens (tertiary/aromatic N) is 1. The SMILES string of the molecule is Fc1ccc2c(c1)[C@H]1C=CC[C@@H]1[C@H](c1cccnc1)N2. The molecule has 3 atom stereocenters. The number of hydrogen-bond donors (Lipinski definition) is 1. The summed E-state index contributed by atoms with van der Waals surface area (Å²) < 4.78 is 13.5. The van der Waals surface area contributed by atoms with E-state index in [1.54, 1.807) is 12.3 Å². The van der Waals surface area contributed by atoms with Crippen molar-refractivity contribution in [2.24, 2.45) is 5.92 Å². The highest BCUT2D eigenvalue weighted by atomic mass is 19.1. The zero-order valence-electron chi connectivity index (χ0n) is 11.0. The van der Waals surface area contributed by atoms with Gasteiger partial charge in [0.25, 0.3) is 0 Å². The van der Waals surface area contributed by atoms with Crippen LogP contribution in [0.3, 0.4) is 0 Å². The summed E-state index contributed by atoms with van der Waals surface area (Å²) in [5.74, 6) is 0.574. The molecule has 2 heterocycles. The van der Waals surface area contributed by atoms with Gasteiger partial charge in [0.1, 0.15) is 5.82 Å². The highest BCUT2D eigenvalue weighted by Crippen LogP contribution is 2.49. The lowest BCUT2D eigenvalue weighted by Crippen LogP contribution is -2.29. The lowest BCUT2D eigenvalue weighted by Gasteiger charge is -2.37. The van der Waals surface area contributed by atoms with E-state index in [1.807, 2.05) is 18.3 Å². The topological polar surface area (TPSA) is 24.9 Å². The predicted octanol–water partition coefficient (Wildman–Crippen LogP) is 4.05. The molecule has 0 amide bonds. The second-order valence-electron chi connectivity index (χ2n) is 5.49. The van der Waals surface area contributed by atoms with Crippen LogP contribution in [0.5, 0.6) is 0 Å². The van der Waals surface area contributed by atoms with Gasteiger partial charge in [-0.2, -0.15) is 0 Å². The fourth-order valence-corrected chi connectivity index (χ4v) is 3.46. The van der Waals surface area contributed by atoms with Crippen molar-refractivity contribution in [3.05, 3.63) is 71.8 Å². The van der Waals surface area contributed by atoms with Crippen LogP contribution in [-0.2, 0) is 0 Å². The predicted molar refractivity (Wildman–Crippen MR) is 77.0 cm³/mol. The molecule has 0 unspecified atom stereocenters. The Kier molecular flexibility index (Phi) is 2.59. The maximum atomic E-state index is 13.5. The Bertz CT molecular complexity index is 666. The lowest BCUT2D eigenvalue weighted by molar-refractivity contribution is 0.423. The second-order valence-corrected chi connectivity index (χ2v) is 5.49. The van der Waals surface area contributed by atoms with Gasteiger partial charge in [-0.25, -0.2) is 4.39 Å². The number of aromatic nitrogens is 1. The zero-order valence-corrected chi connectivity index (χ0v) is 11.0. The molecular formula is C17H15FN2. The first kappa shape index (κ1) is 11.6. The van der Waals surface area contributed by atoms with Crippen molar-refractivity contribution in [2.45, 2.75) is 18.4 Å². The quantitative estimate of drug-likeness (QED) is 0.788. The van der Waals surface area contributed by atoms with E-state index in [0.29, 0.717) is 11.8 Å². The second kappa shape index (κ2) is 4.44. The van der Waals surface area contributed by atoms with Crippen molar-refractivity contribution in [1.82, 2.24) is 4.98 Å². The van der Waals surface area contributed by atoms with Gasteiger partial charge in [-0.15, -0.1) is 0 Å². The fourth-order valence-electron chi connectivity index (χ4n) is 3.46. The Labute approximate surface area is 117 Å². The third kappa shape index (κ3) is 1.73. The number of anilines is 1. The van der Waals surface area contributed by atoms with E-state index in [4.69, 9.17) is 0 Å². The van der Waals surface area contributed by atoms with Gasteiger partial charge in [-0.05, 0) is 47.7 Å². The lowest BCUT2D eigenvalue weighted by atomic mass is 9.77. The first-order chi connectivity index (χ1) is 9.83. The van der Waals surface area contributed by atoms with Crippen molar-refractivity contribution in [3.8, 4) is 0 Å². The maximum absolute atomic E-state index is 13.5. The maximum Gasteiger partial charge on any atom is 0.123 e. The third-order valence-corrected chi connectivity index (χ3v) is 4.37.